The fourth-order valence-electron chi connectivity index (χ4n) is 8.49. The third kappa shape index (κ3) is 5.98. The Morgan fingerprint density at radius 2 is 1.85 bits per heavy atom. The van der Waals surface area contributed by atoms with E-state index in [1.807, 2.05) is 67.4 Å². The highest BCUT2D eigenvalue weighted by Crippen LogP contribution is 2.60. The summed E-state index contributed by atoms with van der Waals surface area (Å²) < 4.78 is 7.69. The zero-order valence-electron chi connectivity index (χ0n) is 27.1. The molecule has 11 heteroatoms. The molecule has 3 saturated heterocycles. The largest absolute Gasteiger partial charge is 0.432 e. The number of amides is 3. The molecule has 0 aliphatic carbocycles. The second-order valence-corrected chi connectivity index (χ2v) is 19.0. The molecule has 2 N–H and O–H groups in total. The second kappa shape index (κ2) is 13.1. The Balaban J connectivity index is 1.33. The van der Waals surface area contributed by atoms with Crippen LogP contribution in [0.2, 0.25) is 18.6 Å². The summed E-state index contributed by atoms with van der Waals surface area (Å²) in [5.41, 5.74) is 1.50. The highest BCUT2D eigenvalue weighted by atomic mass is 79.9. The molecule has 46 heavy (non-hydrogen) atoms. The number of fused-ring (bicyclic) bond motifs is 2. The van der Waals surface area contributed by atoms with Crippen LogP contribution < -0.4 is 9.80 Å². The second-order valence-electron chi connectivity index (χ2n) is 14.1. The fraction of sp³-hybridized carbons (Fsp3) is 0.571. The molecule has 5 atom stereocenters. The summed E-state index contributed by atoms with van der Waals surface area (Å²) in [5, 5.41) is 9.85. The van der Waals surface area contributed by atoms with E-state index in [0.717, 1.165) is 65.5 Å². The van der Waals surface area contributed by atoms with Crippen LogP contribution in [0, 0.1) is 5.92 Å². The van der Waals surface area contributed by atoms with Crippen molar-refractivity contribution < 1.29 is 29.0 Å². The Morgan fingerprint density at radius 3 is 2.61 bits per heavy atom. The first-order valence-electron chi connectivity index (χ1n) is 16.8. The van der Waals surface area contributed by atoms with Gasteiger partial charge in [-0.3, -0.25) is 14.4 Å². The predicted octanol–water partition coefficient (Wildman–Crippen LogP) is 5.46. The Kier molecular flexibility index (Phi) is 9.52. The van der Waals surface area contributed by atoms with Crippen LogP contribution >= 0.6 is 15.9 Å². The first kappa shape index (κ1) is 33.3. The number of aliphatic hydroxyl groups excluding tert-OH is 1. The molecule has 1 spiro atoms. The number of hydrogen-bond donors (Lipinski definition) is 2. The molecule has 0 unspecified atom stereocenters. The van der Waals surface area contributed by atoms with Gasteiger partial charge in [0, 0.05) is 46.7 Å². The topological polar surface area (TPSA) is 111 Å². The van der Waals surface area contributed by atoms with Crippen LogP contribution in [0.3, 0.4) is 0 Å². The van der Waals surface area contributed by atoms with Crippen molar-refractivity contribution in [3.05, 3.63) is 58.1 Å². The summed E-state index contributed by atoms with van der Waals surface area (Å²) in [6, 6.07) is 13.5. The van der Waals surface area contributed by atoms with Crippen molar-refractivity contribution in [1.82, 2.24) is 4.90 Å². The Labute approximate surface area is 281 Å². The maximum Gasteiger partial charge on any atom is 0.264 e. The number of benzene rings is 2. The van der Waals surface area contributed by atoms with E-state index >= 15 is 0 Å². The van der Waals surface area contributed by atoms with Gasteiger partial charge >= 0.3 is 0 Å². The number of likely N-dealkylation sites (tertiary alicyclic amines) is 1. The van der Waals surface area contributed by atoms with Crippen molar-refractivity contribution in [3.63, 3.8) is 0 Å². The van der Waals surface area contributed by atoms with Gasteiger partial charge in [0.05, 0.1) is 37.4 Å². The van der Waals surface area contributed by atoms with Crippen molar-refractivity contribution in [2.45, 2.75) is 101 Å². The molecular formula is C35H46BrN3O6Si. The van der Waals surface area contributed by atoms with E-state index in [1.54, 1.807) is 9.80 Å². The molecule has 0 aromatic heterocycles. The van der Waals surface area contributed by atoms with Gasteiger partial charge < -0.3 is 29.3 Å². The van der Waals surface area contributed by atoms with Gasteiger partial charge in [0.1, 0.15) is 0 Å². The molecule has 9 nitrogen and oxygen atoms in total. The van der Waals surface area contributed by atoms with Crippen molar-refractivity contribution in [2.75, 3.05) is 29.5 Å². The Hall–Kier alpha value is -2.57. The number of anilines is 2. The third-order valence-electron chi connectivity index (χ3n) is 10.6. The van der Waals surface area contributed by atoms with E-state index in [0.29, 0.717) is 26.1 Å². The number of hydrogen-bond acceptors (Lipinski definition) is 6. The number of carbonyl (C=O) groups is 3. The van der Waals surface area contributed by atoms with Crippen LogP contribution in [0.25, 0.3) is 0 Å². The van der Waals surface area contributed by atoms with E-state index in [9.17, 15) is 24.3 Å². The lowest BCUT2D eigenvalue weighted by Crippen LogP contribution is -2.46. The van der Waals surface area contributed by atoms with Crippen molar-refractivity contribution in [2.24, 2.45) is 5.92 Å². The van der Waals surface area contributed by atoms with Crippen LogP contribution in [0.5, 0.6) is 0 Å². The van der Waals surface area contributed by atoms with Gasteiger partial charge in [-0.15, -0.1) is 0 Å². The Morgan fingerprint density at radius 1 is 1.07 bits per heavy atom. The molecular weight excluding hydrogens is 666 g/mol. The zero-order valence-corrected chi connectivity index (χ0v) is 29.7. The van der Waals surface area contributed by atoms with Crippen LogP contribution in [-0.4, -0.2) is 72.7 Å². The smallest absolute Gasteiger partial charge is 0.264 e. The Bertz CT molecular complexity index is 1500. The number of nitrogens with zero attached hydrogens (tertiary/aromatic N) is 3. The summed E-state index contributed by atoms with van der Waals surface area (Å²) in [7, 11) is -2.94. The molecule has 4 aliphatic heterocycles. The first-order chi connectivity index (χ1) is 22.0. The van der Waals surface area contributed by atoms with E-state index in [1.165, 1.54) is 0 Å². The summed E-state index contributed by atoms with van der Waals surface area (Å²) in [6.07, 6.45) is 5.62. The molecule has 3 amide bonds. The van der Waals surface area contributed by atoms with E-state index in [4.69, 9.17) is 4.74 Å². The quantitative estimate of drug-likeness (QED) is 0.369. The highest BCUT2D eigenvalue weighted by Gasteiger charge is 2.66. The lowest BCUT2D eigenvalue weighted by atomic mass is 9.82. The van der Waals surface area contributed by atoms with Gasteiger partial charge in [0.25, 0.3) is 5.91 Å². The molecule has 2 aromatic rings. The molecule has 2 aromatic carbocycles. The van der Waals surface area contributed by atoms with Crippen LogP contribution in [0.1, 0.15) is 69.4 Å². The summed E-state index contributed by atoms with van der Waals surface area (Å²) >= 11 is 3.61. The standard InChI is InChI=1S/C35H46BrN3O6Si/c1-23-33(46(2,3)44)30(20-32(42)38-17-9-12-27(38)22-40)45-35(23)28-19-25(36)14-15-29(28)39(34(35)43)21-24-10-8-11-26(18-24)37-16-7-5-4-6-13-31(37)41/h8,10-11,14-15,18-19,23,27,30,33,40,44H,4-7,9,12-13,16-17,20-22H2,1-3H3/t23-,27+,30+,33-,35+/m1/s1. The molecule has 4 heterocycles. The van der Waals surface area contributed by atoms with Crippen LogP contribution in [0.15, 0.2) is 46.9 Å². The maximum absolute atomic E-state index is 14.8. The molecule has 6 rings (SSSR count). The molecule has 0 saturated carbocycles. The zero-order chi connectivity index (χ0) is 32.8. The molecule has 248 valence electrons. The SMILES string of the molecule is C[C@@H]1[C@@H]([Si](C)(C)O)[C@H](CC(=O)N2CCC[C@H]2CO)O[C@@]12C(=O)N(Cc1cccc(N3CCCCCCC3=O)c1)c1ccc(Br)cc12. The van der Waals surface area contributed by atoms with Gasteiger partial charge in [-0.05, 0) is 74.7 Å². The number of halogens is 1. The van der Waals surface area contributed by atoms with Gasteiger partial charge in [0.2, 0.25) is 11.8 Å². The monoisotopic (exact) mass is 711 g/mol. The summed E-state index contributed by atoms with van der Waals surface area (Å²) in [4.78, 5) is 58.4. The number of ether oxygens (including phenoxy) is 1. The fourth-order valence-corrected chi connectivity index (χ4v) is 11.4. The number of aliphatic hydroxyl groups is 1. The first-order valence-corrected chi connectivity index (χ1v) is 20.6. The molecule has 0 radical (unpaired) electrons. The minimum atomic E-state index is -2.94. The van der Waals surface area contributed by atoms with Crippen LogP contribution in [0.4, 0.5) is 11.4 Å². The van der Waals surface area contributed by atoms with Crippen LogP contribution in [-0.2, 0) is 31.3 Å². The van der Waals surface area contributed by atoms with E-state index in [2.05, 4.69) is 15.9 Å². The van der Waals surface area contributed by atoms with Gasteiger partial charge in [-0.1, -0.05) is 47.8 Å². The van der Waals surface area contributed by atoms with Crippen molar-refractivity contribution >= 4 is 53.3 Å². The van der Waals surface area contributed by atoms with E-state index in [-0.39, 0.29) is 48.3 Å². The average Bonchev–Trinajstić information content (AvgIpc) is 3.66. The highest BCUT2D eigenvalue weighted by molar-refractivity contribution is 9.10. The van der Waals surface area contributed by atoms with Gasteiger partial charge in [-0.2, -0.15) is 0 Å². The van der Waals surface area contributed by atoms with Gasteiger partial charge in [0.15, 0.2) is 13.9 Å². The number of carbonyl (C=O) groups excluding carboxylic acids is 3. The lowest BCUT2D eigenvalue weighted by Gasteiger charge is -2.33. The maximum atomic E-state index is 14.8. The van der Waals surface area contributed by atoms with Crippen molar-refractivity contribution in [3.8, 4) is 0 Å². The van der Waals surface area contributed by atoms with E-state index < -0.39 is 20.0 Å². The molecule has 4 aliphatic rings. The predicted molar refractivity (Wildman–Crippen MR) is 183 cm³/mol. The minimum Gasteiger partial charge on any atom is -0.432 e. The summed E-state index contributed by atoms with van der Waals surface area (Å²) in [5.74, 6) is -0.562. The normalized spacial score (nSPS) is 28.6. The minimum absolute atomic E-state index is 0.0484. The van der Waals surface area contributed by atoms with Crippen molar-refractivity contribution in [1.29, 1.82) is 0 Å². The lowest BCUT2D eigenvalue weighted by molar-refractivity contribution is -0.150. The average molecular weight is 713 g/mol. The third-order valence-corrected chi connectivity index (χ3v) is 13.6. The number of rotatable bonds is 7. The molecule has 0 bridgehead atoms. The molecule has 3 fully saturated rings. The summed E-state index contributed by atoms with van der Waals surface area (Å²) in [6.45, 7) is 7.19. The van der Waals surface area contributed by atoms with Gasteiger partial charge in [-0.25, -0.2) is 0 Å².